The number of halogens is 1. The molecule has 4 rings (SSSR count). The molecule has 3 heterocycles. The lowest BCUT2D eigenvalue weighted by atomic mass is 10.1. The Morgan fingerprint density at radius 2 is 2.24 bits per heavy atom. The highest BCUT2D eigenvalue weighted by Gasteiger charge is 2.13. The number of thiazole rings is 1. The van der Waals surface area contributed by atoms with E-state index < -0.39 is 0 Å². The summed E-state index contributed by atoms with van der Waals surface area (Å²) in [5, 5.41) is 2.92. The van der Waals surface area contributed by atoms with Crippen molar-refractivity contribution in [2.75, 3.05) is 0 Å². The fourth-order valence-corrected chi connectivity index (χ4v) is 4.18. The molecule has 4 aromatic rings. The van der Waals surface area contributed by atoms with E-state index in [0.29, 0.717) is 6.42 Å². The predicted molar refractivity (Wildman–Crippen MR) is 85.5 cm³/mol. The maximum absolute atomic E-state index is 13.2. The second-order valence-electron chi connectivity index (χ2n) is 4.97. The Morgan fingerprint density at radius 1 is 1.33 bits per heavy atom. The summed E-state index contributed by atoms with van der Waals surface area (Å²) in [6.07, 6.45) is 4.69. The van der Waals surface area contributed by atoms with Crippen LogP contribution in [0.3, 0.4) is 0 Å². The Labute approximate surface area is 128 Å². The van der Waals surface area contributed by atoms with Gasteiger partial charge in [-0.25, -0.2) is 9.37 Å². The monoisotopic (exact) mass is 317 g/mol. The van der Waals surface area contributed by atoms with Crippen molar-refractivity contribution in [3.63, 3.8) is 0 Å². The molecule has 0 saturated carbocycles. The van der Waals surface area contributed by atoms with Gasteiger partial charge in [0.15, 0.2) is 4.96 Å². The van der Waals surface area contributed by atoms with Crippen molar-refractivity contribution in [3.8, 4) is 0 Å². The third-order valence-corrected chi connectivity index (χ3v) is 5.45. The highest BCUT2D eigenvalue weighted by atomic mass is 32.1. The summed E-state index contributed by atoms with van der Waals surface area (Å²) in [6, 6.07) is 6.70. The highest BCUT2D eigenvalue weighted by molar-refractivity contribution is 7.19. The smallest absolute Gasteiger partial charge is 0.193 e. The summed E-state index contributed by atoms with van der Waals surface area (Å²) in [5.41, 5.74) is 7.27. The van der Waals surface area contributed by atoms with Crippen LogP contribution in [0, 0.1) is 5.82 Å². The van der Waals surface area contributed by atoms with E-state index in [0.717, 1.165) is 25.6 Å². The van der Waals surface area contributed by atoms with Crippen molar-refractivity contribution in [1.29, 1.82) is 0 Å². The number of hydrogen-bond acceptors (Lipinski definition) is 4. The van der Waals surface area contributed by atoms with E-state index in [1.165, 1.54) is 6.07 Å². The molecule has 0 aliphatic carbocycles. The number of imidazole rings is 1. The molecule has 1 unspecified atom stereocenters. The first kappa shape index (κ1) is 12.9. The van der Waals surface area contributed by atoms with Crippen molar-refractivity contribution in [3.05, 3.63) is 58.4 Å². The van der Waals surface area contributed by atoms with Gasteiger partial charge in [0, 0.05) is 39.8 Å². The molecule has 3 nitrogen and oxygen atoms in total. The average molecular weight is 317 g/mol. The zero-order chi connectivity index (χ0) is 14.4. The molecule has 0 spiro atoms. The van der Waals surface area contributed by atoms with Gasteiger partial charge in [0.25, 0.3) is 0 Å². The molecule has 3 aromatic heterocycles. The fraction of sp³-hybridized carbons (Fsp3) is 0.133. The Kier molecular flexibility index (Phi) is 3.02. The SMILES string of the molecule is NC(Cc1cn2ccsc2n1)c1cc2cc(F)ccc2s1. The zero-order valence-electron chi connectivity index (χ0n) is 11.0. The fourth-order valence-electron chi connectivity index (χ4n) is 2.42. The molecule has 106 valence electrons. The quantitative estimate of drug-likeness (QED) is 0.621. The first-order valence-corrected chi connectivity index (χ1v) is 8.24. The number of thiophene rings is 1. The molecule has 0 fully saturated rings. The topological polar surface area (TPSA) is 43.3 Å². The summed E-state index contributed by atoms with van der Waals surface area (Å²) in [6.45, 7) is 0. The van der Waals surface area contributed by atoms with E-state index in [1.54, 1.807) is 34.8 Å². The second kappa shape index (κ2) is 4.91. The van der Waals surface area contributed by atoms with Gasteiger partial charge in [-0.3, -0.25) is 4.40 Å². The Morgan fingerprint density at radius 3 is 3.10 bits per heavy atom. The van der Waals surface area contributed by atoms with Gasteiger partial charge < -0.3 is 5.73 Å². The first-order chi connectivity index (χ1) is 10.2. The lowest BCUT2D eigenvalue weighted by Crippen LogP contribution is -2.11. The third kappa shape index (κ3) is 2.35. The van der Waals surface area contributed by atoms with Crippen LogP contribution in [-0.2, 0) is 6.42 Å². The molecule has 0 saturated heterocycles. The van der Waals surface area contributed by atoms with Gasteiger partial charge in [-0.1, -0.05) is 0 Å². The Hall–Kier alpha value is -1.76. The molecule has 2 N–H and O–H groups in total. The van der Waals surface area contributed by atoms with Gasteiger partial charge in [0.05, 0.1) is 5.69 Å². The molecule has 21 heavy (non-hydrogen) atoms. The van der Waals surface area contributed by atoms with E-state index >= 15 is 0 Å². The summed E-state index contributed by atoms with van der Waals surface area (Å²) in [5.74, 6) is -0.213. The van der Waals surface area contributed by atoms with Crippen molar-refractivity contribution in [2.24, 2.45) is 5.73 Å². The number of fused-ring (bicyclic) bond motifs is 2. The normalized spacial score (nSPS) is 13.2. The van der Waals surface area contributed by atoms with Crippen LogP contribution in [0.1, 0.15) is 16.6 Å². The molecule has 0 aliphatic rings. The summed E-state index contributed by atoms with van der Waals surface area (Å²) >= 11 is 3.23. The Balaban J connectivity index is 1.63. The number of hydrogen-bond donors (Lipinski definition) is 1. The number of nitrogens with two attached hydrogens (primary N) is 1. The molecule has 6 heteroatoms. The maximum atomic E-state index is 13.2. The lowest BCUT2D eigenvalue weighted by Gasteiger charge is -2.06. The zero-order valence-corrected chi connectivity index (χ0v) is 12.6. The van der Waals surface area contributed by atoms with Crippen LogP contribution in [0.2, 0.25) is 0 Å². The van der Waals surface area contributed by atoms with Gasteiger partial charge in [-0.05, 0) is 29.7 Å². The summed E-state index contributed by atoms with van der Waals surface area (Å²) < 4.78 is 16.3. The number of benzene rings is 1. The number of nitrogens with zero attached hydrogens (tertiary/aromatic N) is 2. The van der Waals surface area contributed by atoms with Crippen molar-refractivity contribution in [1.82, 2.24) is 9.38 Å². The van der Waals surface area contributed by atoms with Crippen molar-refractivity contribution in [2.45, 2.75) is 12.5 Å². The number of rotatable bonds is 3. The first-order valence-electron chi connectivity index (χ1n) is 6.55. The number of aromatic nitrogens is 2. The van der Waals surface area contributed by atoms with Crippen LogP contribution in [0.25, 0.3) is 15.0 Å². The molecule has 1 aromatic carbocycles. The minimum atomic E-state index is -0.213. The standard InChI is InChI=1S/C15H12FN3S2/c16-10-1-2-13-9(5-10)6-14(21-13)12(17)7-11-8-19-3-4-20-15(19)18-11/h1-6,8,12H,7,17H2. The Bertz CT molecular complexity index is 893. The van der Waals surface area contributed by atoms with Gasteiger partial charge in [0.1, 0.15) is 5.82 Å². The van der Waals surface area contributed by atoms with Crippen LogP contribution in [-0.4, -0.2) is 9.38 Å². The highest BCUT2D eigenvalue weighted by Crippen LogP contribution is 2.31. The predicted octanol–water partition coefficient (Wildman–Crippen LogP) is 3.99. The molecule has 0 aliphatic heterocycles. The van der Waals surface area contributed by atoms with Gasteiger partial charge in [-0.2, -0.15) is 0 Å². The van der Waals surface area contributed by atoms with Gasteiger partial charge in [0.2, 0.25) is 0 Å². The largest absolute Gasteiger partial charge is 0.323 e. The summed E-state index contributed by atoms with van der Waals surface area (Å²) in [7, 11) is 0. The van der Waals surface area contributed by atoms with Gasteiger partial charge in [-0.15, -0.1) is 22.7 Å². The van der Waals surface area contributed by atoms with Crippen molar-refractivity contribution < 1.29 is 4.39 Å². The minimum Gasteiger partial charge on any atom is -0.323 e. The summed E-state index contributed by atoms with van der Waals surface area (Å²) in [4.78, 5) is 6.60. The van der Waals surface area contributed by atoms with E-state index in [-0.39, 0.29) is 11.9 Å². The molecular formula is C15H12FN3S2. The second-order valence-corrected chi connectivity index (χ2v) is 6.95. The van der Waals surface area contributed by atoms with E-state index in [1.807, 2.05) is 28.2 Å². The molecule has 0 radical (unpaired) electrons. The van der Waals surface area contributed by atoms with Crippen LogP contribution >= 0.6 is 22.7 Å². The van der Waals surface area contributed by atoms with Crippen molar-refractivity contribution >= 4 is 37.7 Å². The van der Waals surface area contributed by atoms with Crippen LogP contribution in [0.15, 0.2) is 42.0 Å². The van der Waals surface area contributed by atoms with Crippen LogP contribution < -0.4 is 5.73 Å². The van der Waals surface area contributed by atoms with E-state index in [9.17, 15) is 4.39 Å². The molecule has 1 atom stereocenters. The molecule has 0 amide bonds. The molecular weight excluding hydrogens is 305 g/mol. The van der Waals surface area contributed by atoms with E-state index in [4.69, 9.17) is 5.73 Å². The van der Waals surface area contributed by atoms with Crippen LogP contribution in [0.5, 0.6) is 0 Å². The molecule has 0 bridgehead atoms. The van der Waals surface area contributed by atoms with Crippen LogP contribution in [0.4, 0.5) is 4.39 Å². The lowest BCUT2D eigenvalue weighted by molar-refractivity contribution is 0.630. The van der Waals surface area contributed by atoms with Gasteiger partial charge >= 0.3 is 0 Å². The average Bonchev–Trinajstić information content (AvgIpc) is 3.10. The minimum absolute atomic E-state index is 0.116. The van der Waals surface area contributed by atoms with E-state index in [2.05, 4.69) is 4.98 Å². The maximum Gasteiger partial charge on any atom is 0.193 e. The third-order valence-electron chi connectivity index (χ3n) is 3.44.